The Bertz CT molecular complexity index is 157. The Morgan fingerprint density at radius 1 is 1.27 bits per heavy atom. The van der Waals surface area contributed by atoms with Crippen LogP contribution >= 0.6 is 0 Å². The fourth-order valence-corrected chi connectivity index (χ4v) is 2.67. The van der Waals surface area contributed by atoms with E-state index in [0.29, 0.717) is 6.04 Å². The Kier molecular flexibility index (Phi) is 6.74. The summed E-state index contributed by atoms with van der Waals surface area (Å²) in [6, 6.07) is 0.695. The molecule has 15 heavy (non-hydrogen) atoms. The Morgan fingerprint density at radius 2 is 1.93 bits per heavy atom. The molecule has 1 fully saturated rings. The first-order chi connectivity index (χ1) is 7.38. The fraction of sp³-hybridized carbons (Fsp3) is 0.857. The summed E-state index contributed by atoms with van der Waals surface area (Å²) < 4.78 is 0. The van der Waals surface area contributed by atoms with Gasteiger partial charge in [0.15, 0.2) is 0 Å². The molecule has 1 N–H and O–H groups in total. The van der Waals surface area contributed by atoms with Crippen LogP contribution in [0.2, 0.25) is 0 Å². The molecule has 0 heterocycles. The minimum atomic E-state index is 0.695. The number of nitrogens with one attached hydrogen (secondary N) is 1. The molecule has 0 amide bonds. The van der Waals surface area contributed by atoms with E-state index in [1.54, 1.807) is 0 Å². The van der Waals surface area contributed by atoms with E-state index in [1.807, 2.05) is 0 Å². The third kappa shape index (κ3) is 4.83. The highest BCUT2D eigenvalue weighted by Gasteiger charge is 2.20. The van der Waals surface area contributed by atoms with Crippen LogP contribution in [0.3, 0.4) is 0 Å². The van der Waals surface area contributed by atoms with Gasteiger partial charge in [0.25, 0.3) is 0 Å². The van der Waals surface area contributed by atoms with E-state index in [4.69, 9.17) is 0 Å². The lowest BCUT2D eigenvalue weighted by atomic mass is 9.89. The molecule has 0 saturated heterocycles. The summed E-state index contributed by atoms with van der Waals surface area (Å²) in [7, 11) is 0. The van der Waals surface area contributed by atoms with E-state index in [1.165, 1.54) is 44.9 Å². The summed E-state index contributed by atoms with van der Waals surface area (Å²) in [5, 5.41) is 3.70. The fourth-order valence-electron chi connectivity index (χ4n) is 2.67. The van der Waals surface area contributed by atoms with Gasteiger partial charge < -0.3 is 5.32 Å². The molecule has 0 aromatic heterocycles. The molecule has 1 saturated carbocycles. The molecule has 0 aliphatic heterocycles. The number of hydrogen-bond donors (Lipinski definition) is 1. The van der Waals surface area contributed by atoms with Gasteiger partial charge in [-0.05, 0) is 38.1 Å². The quantitative estimate of drug-likeness (QED) is 0.517. The van der Waals surface area contributed by atoms with Gasteiger partial charge in [-0.15, -0.1) is 6.58 Å². The monoisotopic (exact) mass is 209 g/mol. The average molecular weight is 209 g/mol. The second kappa shape index (κ2) is 7.92. The van der Waals surface area contributed by atoms with Crippen LogP contribution in [0.4, 0.5) is 0 Å². The van der Waals surface area contributed by atoms with E-state index < -0.39 is 0 Å². The number of rotatable bonds is 6. The SMILES string of the molecule is C=CCC(NCCC)C1CCCCCC1. The van der Waals surface area contributed by atoms with Crippen molar-refractivity contribution in [1.82, 2.24) is 5.32 Å². The van der Waals surface area contributed by atoms with Crippen molar-refractivity contribution in [3.8, 4) is 0 Å². The highest BCUT2D eigenvalue weighted by molar-refractivity contribution is 4.84. The molecular formula is C14H27N. The molecule has 0 aromatic carbocycles. The summed E-state index contributed by atoms with van der Waals surface area (Å²) in [5.41, 5.74) is 0. The predicted molar refractivity (Wildman–Crippen MR) is 68.1 cm³/mol. The standard InChI is InChI=1S/C14H27N/c1-3-9-14(15-12-4-2)13-10-7-5-6-8-11-13/h3,13-15H,1,4-12H2,2H3. The van der Waals surface area contributed by atoms with Crippen molar-refractivity contribution < 1.29 is 0 Å². The van der Waals surface area contributed by atoms with Gasteiger partial charge in [-0.1, -0.05) is 38.7 Å². The van der Waals surface area contributed by atoms with Crippen molar-refractivity contribution >= 4 is 0 Å². The molecule has 1 atom stereocenters. The molecule has 0 radical (unpaired) electrons. The molecule has 1 nitrogen and oxygen atoms in total. The van der Waals surface area contributed by atoms with Gasteiger partial charge in [-0.25, -0.2) is 0 Å². The smallest absolute Gasteiger partial charge is 0.0130 e. The molecule has 1 rings (SSSR count). The lowest BCUT2D eigenvalue weighted by molar-refractivity contribution is 0.321. The Morgan fingerprint density at radius 3 is 2.47 bits per heavy atom. The maximum Gasteiger partial charge on any atom is 0.0130 e. The summed E-state index contributed by atoms with van der Waals surface area (Å²) in [6.45, 7) is 7.29. The highest BCUT2D eigenvalue weighted by atomic mass is 14.9. The van der Waals surface area contributed by atoms with E-state index in [9.17, 15) is 0 Å². The Hall–Kier alpha value is -0.300. The first-order valence-corrected chi connectivity index (χ1v) is 6.72. The zero-order chi connectivity index (χ0) is 10.9. The van der Waals surface area contributed by atoms with Crippen LogP contribution in [0, 0.1) is 5.92 Å². The first-order valence-electron chi connectivity index (χ1n) is 6.72. The van der Waals surface area contributed by atoms with Crippen molar-refractivity contribution in [1.29, 1.82) is 0 Å². The molecule has 1 heteroatoms. The van der Waals surface area contributed by atoms with Gasteiger partial charge in [-0.2, -0.15) is 0 Å². The average Bonchev–Trinajstić information content (AvgIpc) is 2.52. The largest absolute Gasteiger partial charge is 0.313 e. The molecule has 0 bridgehead atoms. The topological polar surface area (TPSA) is 12.0 Å². The summed E-state index contributed by atoms with van der Waals surface area (Å²) >= 11 is 0. The van der Waals surface area contributed by atoms with Crippen LogP contribution in [0.1, 0.15) is 58.3 Å². The van der Waals surface area contributed by atoms with Gasteiger partial charge in [0.1, 0.15) is 0 Å². The van der Waals surface area contributed by atoms with Crippen LogP contribution in [0.15, 0.2) is 12.7 Å². The molecule has 0 spiro atoms. The van der Waals surface area contributed by atoms with Crippen LogP contribution in [-0.4, -0.2) is 12.6 Å². The summed E-state index contributed by atoms with van der Waals surface area (Å²) in [5.74, 6) is 0.900. The molecule has 88 valence electrons. The van der Waals surface area contributed by atoms with E-state index >= 15 is 0 Å². The second-order valence-electron chi connectivity index (χ2n) is 4.84. The molecular weight excluding hydrogens is 182 g/mol. The Balaban J connectivity index is 2.40. The predicted octanol–water partition coefficient (Wildman–Crippen LogP) is 3.90. The van der Waals surface area contributed by atoms with E-state index in [2.05, 4.69) is 24.9 Å². The minimum absolute atomic E-state index is 0.695. The van der Waals surface area contributed by atoms with Crippen molar-refractivity contribution in [2.75, 3.05) is 6.54 Å². The van der Waals surface area contributed by atoms with Gasteiger partial charge in [0.05, 0.1) is 0 Å². The van der Waals surface area contributed by atoms with Crippen molar-refractivity contribution in [2.45, 2.75) is 64.3 Å². The van der Waals surface area contributed by atoms with Gasteiger partial charge in [-0.3, -0.25) is 0 Å². The summed E-state index contributed by atoms with van der Waals surface area (Å²) in [4.78, 5) is 0. The molecule has 1 aliphatic rings. The molecule has 0 aromatic rings. The van der Waals surface area contributed by atoms with Crippen molar-refractivity contribution in [2.24, 2.45) is 5.92 Å². The van der Waals surface area contributed by atoms with Crippen molar-refractivity contribution in [3.05, 3.63) is 12.7 Å². The maximum atomic E-state index is 3.89. The van der Waals surface area contributed by atoms with Crippen LogP contribution in [0.25, 0.3) is 0 Å². The Labute approximate surface area is 95.3 Å². The third-order valence-electron chi connectivity index (χ3n) is 3.55. The van der Waals surface area contributed by atoms with Crippen LogP contribution in [-0.2, 0) is 0 Å². The van der Waals surface area contributed by atoms with Gasteiger partial charge in [0, 0.05) is 6.04 Å². The lowest BCUT2D eigenvalue weighted by Crippen LogP contribution is -2.36. The second-order valence-corrected chi connectivity index (χ2v) is 4.84. The van der Waals surface area contributed by atoms with Crippen LogP contribution in [0.5, 0.6) is 0 Å². The molecule has 1 aliphatic carbocycles. The van der Waals surface area contributed by atoms with E-state index in [0.717, 1.165) is 18.9 Å². The van der Waals surface area contributed by atoms with Gasteiger partial charge >= 0.3 is 0 Å². The van der Waals surface area contributed by atoms with Crippen molar-refractivity contribution in [3.63, 3.8) is 0 Å². The maximum absolute atomic E-state index is 3.89. The zero-order valence-electron chi connectivity index (χ0n) is 10.3. The number of hydrogen-bond acceptors (Lipinski definition) is 1. The normalized spacial score (nSPS) is 20.9. The first kappa shape index (κ1) is 12.8. The lowest BCUT2D eigenvalue weighted by Gasteiger charge is -2.26. The highest BCUT2D eigenvalue weighted by Crippen LogP contribution is 2.26. The minimum Gasteiger partial charge on any atom is -0.313 e. The van der Waals surface area contributed by atoms with Crippen LogP contribution < -0.4 is 5.32 Å². The van der Waals surface area contributed by atoms with E-state index in [-0.39, 0.29) is 0 Å². The summed E-state index contributed by atoms with van der Waals surface area (Å²) in [6.07, 6.45) is 13.1. The van der Waals surface area contributed by atoms with Gasteiger partial charge in [0.2, 0.25) is 0 Å². The third-order valence-corrected chi connectivity index (χ3v) is 3.55. The molecule has 1 unspecified atom stereocenters. The zero-order valence-corrected chi connectivity index (χ0v) is 10.3.